The van der Waals surface area contributed by atoms with Crippen LogP contribution in [0.1, 0.15) is 30.5 Å². The first-order valence-corrected chi connectivity index (χ1v) is 6.69. The van der Waals surface area contributed by atoms with E-state index in [0.717, 1.165) is 19.4 Å². The summed E-state index contributed by atoms with van der Waals surface area (Å²) in [4.78, 5) is 2.37. The van der Waals surface area contributed by atoms with Gasteiger partial charge in [0.05, 0.1) is 6.61 Å². The van der Waals surface area contributed by atoms with Crippen LogP contribution in [0.15, 0.2) is 24.3 Å². The van der Waals surface area contributed by atoms with E-state index < -0.39 is 0 Å². The number of rotatable bonds is 4. The van der Waals surface area contributed by atoms with Crippen LogP contribution in [0.2, 0.25) is 0 Å². The predicted octanol–water partition coefficient (Wildman–Crippen LogP) is 1.97. The molecule has 0 saturated carbocycles. The minimum atomic E-state index is 0.110. The molecule has 3 atom stereocenters. The molecule has 3 heteroatoms. The highest BCUT2D eigenvalue weighted by Crippen LogP contribution is 2.31. The van der Waals surface area contributed by atoms with Gasteiger partial charge in [-0.05, 0) is 37.9 Å². The zero-order valence-electron chi connectivity index (χ0n) is 11.6. The fourth-order valence-electron chi connectivity index (χ4n) is 2.92. The quantitative estimate of drug-likeness (QED) is 0.885. The zero-order valence-corrected chi connectivity index (χ0v) is 11.6. The van der Waals surface area contributed by atoms with Gasteiger partial charge in [-0.25, -0.2) is 0 Å². The number of aryl methyl sites for hydroxylation is 1. The van der Waals surface area contributed by atoms with E-state index >= 15 is 0 Å². The average molecular weight is 248 g/mol. The Balaban J connectivity index is 2.13. The fraction of sp³-hybridized carbons (Fsp3) is 0.600. The lowest BCUT2D eigenvalue weighted by Gasteiger charge is -2.40. The number of nitrogens with zero attached hydrogens (tertiary/aromatic N) is 1. The summed E-state index contributed by atoms with van der Waals surface area (Å²) in [7, 11) is 3.91. The van der Waals surface area contributed by atoms with Crippen molar-refractivity contribution in [1.82, 2.24) is 4.90 Å². The fourth-order valence-corrected chi connectivity index (χ4v) is 2.92. The summed E-state index contributed by atoms with van der Waals surface area (Å²) >= 11 is 0. The number of benzene rings is 1. The normalized spacial score (nSPS) is 24.9. The minimum absolute atomic E-state index is 0.110. The van der Waals surface area contributed by atoms with Crippen LogP contribution in [0.5, 0.6) is 0 Å². The van der Waals surface area contributed by atoms with Crippen LogP contribution >= 0.6 is 0 Å². The SMILES string of the molecule is COCC(C)N(C)C1CCc2ccccc2C1N. The number of fused-ring (bicyclic) bond motifs is 1. The van der Waals surface area contributed by atoms with Crippen LogP contribution in [0, 0.1) is 0 Å². The maximum Gasteiger partial charge on any atom is 0.0615 e. The molecule has 0 aromatic heterocycles. The van der Waals surface area contributed by atoms with Crippen LogP contribution in [-0.4, -0.2) is 37.7 Å². The van der Waals surface area contributed by atoms with Crippen molar-refractivity contribution in [2.75, 3.05) is 20.8 Å². The van der Waals surface area contributed by atoms with Crippen LogP contribution < -0.4 is 5.73 Å². The number of ether oxygens (including phenoxy) is 1. The molecule has 3 nitrogen and oxygen atoms in total. The third-order valence-electron chi connectivity index (χ3n) is 4.16. The van der Waals surface area contributed by atoms with Gasteiger partial charge in [-0.1, -0.05) is 24.3 Å². The van der Waals surface area contributed by atoms with Crippen molar-refractivity contribution in [1.29, 1.82) is 0 Å². The molecule has 0 saturated heterocycles. The Morgan fingerprint density at radius 3 is 2.89 bits per heavy atom. The summed E-state index contributed by atoms with van der Waals surface area (Å²) in [6.45, 7) is 2.94. The third-order valence-corrected chi connectivity index (χ3v) is 4.16. The molecule has 18 heavy (non-hydrogen) atoms. The van der Waals surface area contributed by atoms with E-state index in [1.807, 2.05) is 0 Å². The topological polar surface area (TPSA) is 38.5 Å². The lowest BCUT2D eigenvalue weighted by atomic mass is 9.83. The van der Waals surface area contributed by atoms with E-state index in [1.54, 1.807) is 7.11 Å². The molecule has 0 spiro atoms. The van der Waals surface area contributed by atoms with Gasteiger partial charge in [0, 0.05) is 25.2 Å². The maximum atomic E-state index is 6.44. The second-order valence-corrected chi connectivity index (χ2v) is 5.30. The molecule has 0 bridgehead atoms. The predicted molar refractivity (Wildman–Crippen MR) is 74.6 cm³/mol. The minimum Gasteiger partial charge on any atom is -0.383 e. The first-order valence-electron chi connectivity index (χ1n) is 6.69. The van der Waals surface area contributed by atoms with E-state index in [1.165, 1.54) is 11.1 Å². The van der Waals surface area contributed by atoms with Gasteiger partial charge in [-0.3, -0.25) is 4.90 Å². The van der Waals surface area contributed by atoms with Gasteiger partial charge in [0.15, 0.2) is 0 Å². The first kappa shape index (κ1) is 13.5. The Labute approximate surface area is 110 Å². The van der Waals surface area contributed by atoms with Crippen LogP contribution in [0.3, 0.4) is 0 Å². The van der Waals surface area contributed by atoms with Gasteiger partial charge < -0.3 is 10.5 Å². The van der Waals surface area contributed by atoms with E-state index in [-0.39, 0.29) is 6.04 Å². The second kappa shape index (κ2) is 5.83. The van der Waals surface area contributed by atoms with Gasteiger partial charge >= 0.3 is 0 Å². The first-order chi connectivity index (χ1) is 8.65. The van der Waals surface area contributed by atoms with Gasteiger partial charge in [0.1, 0.15) is 0 Å². The Bertz CT molecular complexity index is 394. The van der Waals surface area contributed by atoms with Crippen LogP contribution in [0.4, 0.5) is 0 Å². The highest BCUT2D eigenvalue weighted by Gasteiger charge is 2.31. The molecule has 2 N–H and O–H groups in total. The molecular weight excluding hydrogens is 224 g/mol. The van der Waals surface area contributed by atoms with Crippen molar-refractivity contribution < 1.29 is 4.74 Å². The molecule has 1 aliphatic carbocycles. The third kappa shape index (κ3) is 2.58. The second-order valence-electron chi connectivity index (χ2n) is 5.30. The molecule has 2 rings (SSSR count). The maximum absolute atomic E-state index is 6.44. The summed E-state index contributed by atoms with van der Waals surface area (Å²) in [6.07, 6.45) is 2.25. The molecule has 1 aliphatic rings. The van der Waals surface area contributed by atoms with Crippen molar-refractivity contribution in [3.05, 3.63) is 35.4 Å². The lowest BCUT2D eigenvalue weighted by Crippen LogP contribution is -2.48. The van der Waals surface area contributed by atoms with E-state index in [2.05, 4.69) is 43.1 Å². The van der Waals surface area contributed by atoms with E-state index in [9.17, 15) is 0 Å². The molecule has 1 aromatic carbocycles. The molecule has 0 heterocycles. The summed E-state index contributed by atoms with van der Waals surface area (Å²) < 4.78 is 5.24. The molecular formula is C15H24N2O. The summed E-state index contributed by atoms with van der Waals surface area (Å²) in [5.74, 6) is 0. The van der Waals surface area contributed by atoms with Gasteiger partial charge in [-0.15, -0.1) is 0 Å². The Morgan fingerprint density at radius 2 is 2.17 bits per heavy atom. The van der Waals surface area contributed by atoms with Crippen molar-refractivity contribution in [2.45, 2.75) is 37.9 Å². The van der Waals surface area contributed by atoms with Crippen LogP contribution in [-0.2, 0) is 11.2 Å². The van der Waals surface area contributed by atoms with Gasteiger partial charge in [0.25, 0.3) is 0 Å². The number of nitrogens with two attached hydrogens (primary N) is 1. The number of hydrogen-bond acceptors (Lipinski definition) is 3. The summed E-state index contributed by atoms with van der Waals surface area (Å²) in [5.41, 5.74) is 9.16. The summed E-state index contributed by atoms with van der Waals surface area (Å²) in [5, 5.41) is 0. The van der Waals surface area contributed by atoms with E-state index in [0.29, 0.717) is 12.1 Å². The van der Waals surface area contributed by atoms with Gasteiger partial charge in [-0.2, -0.15) is 0 Å². The Kier molecular flexibility index (Phi) is 4.38. The van der Waals surface area contributed by atoms with Crippen LogP contribution in [0.25, 0.3) is 0 Å². The van der Waals surface area contributed by atoms with E-state index in [4.69, 9.17) is 10.5 Å². The number of likely N-dealkylation sites (N-methyl/N-ethyl adjacent to an activating group) is 1. The molecule has 100 valence electrons. The monoisotopic (exact) mass is 248 g/mol. The largest absolute Gasteiger partial charge is 0.383 e. The molecule has 3 unspecified atom stereocenters. The number of methoxy groups -OCH3 is 1. The highest BCUT2D eigenvalue weighted by molar-refractivity contribution is 5.33. The van der Waals surface area contributed by atoms with Crippen molar-refractivity contribution >= 4 is 0 Å². The Hall–Kier alpha value is -0.900. The van der Waals surface area contributed by atoms with Crippen molar-refractivity contribution in [3.63, 3.8) is 0 Å². The van der Waals surface area contributed by atoms with Crippen molar-refractivity contribution in [2.24, 2.45) is 5.73 Å². The average Bonchev–Trinajstić information content (AvgIpc) is 2.39. The van der Waals surface area contributed by atoms with Gasteiger partial charge in [0.2, 0.25) is 0 Å². The standard InChI is InChI=1S/C15H24N2O/c1-11(10-18-3)17(2)14-9-8-12-6-4-5-7-13(12)15(14)16/h4-7,11,14-15H,8-10,16H2,1-3H3. The molecule has 1 aromatic rings. The Morgan fingerprint density at radius 1 is 1.44 bits per heavy atom. The lowest BCUT2D eigenvalue weighted by molar-refractivity contribution is 0.0744. The molecule has 0 radical (unpaired) electrons. The smallest absolute Gasteiger partial charge is 0.0615 e. The number of hydrogen-bond donors (Lipinski definition) is 1. The molecule has 0 amide bonds. The molecule has 0 fully saturated rings. The molecule has 0 aliphatic heterocycles. The zero-order chi connectivity index (χ0) is 13.1. The summed E-state index contributed by atoms with van der Waals surface area (Å²) in [6, 6.07) is 9.47. The van der Waals surface area contributed by atoms with Crippen molar-refractivity contribution in [3.8, 4) is 0 Å². The highest BCUT2D eigenvalue weighted by atomic mass is 16.5.